The Balaban J connectivity index is 0.00000364. The normalized spacial score (nSPS) is 12.5. The summed E-state index contributed by atoms with van der Waals surface area (Å²) < 4.78 is 27.9. The molecule has 0 bridgehead atoms. The summed E-state index contributed by atoms with van der Waals surface area (Å²) in [6.45, 7) is 4.00. The third-order valence-electron chi connectivity index (χ3n) is 4.07. The van der Waals surface area contributed by atoms with Crippen molar-refractivity contribution in [2.75, 3.05) is 6.54 Å². The monoisotopic (exact) mass is 419 g/mol. The lowest BCUT2D eigenvalue weighted by Gasteiger charge is -2.27. The molecule has 1 aromatic heterocycles. The predicted molar refractivity (Wildman–Crippen MR) is 105 cm³/mol. The topological polar surface area (TPSA) is 69.6 Å². The number of nitrogens with one attached hydrogen (secondary N) is 1. The molecule has 0 spiro atoms. The van der Waals surface area contributed by atoms with E-state index >= 15 is 0 Å². The molecule has 150 valence electrons. The van der Waals surface area contributed by atoms with Crippen molar-refractivity contribution in [2.24, 2.45) is 0 Å². The zero-order valence-electron chi connectivity index (χ0n) is 15.2. The highest BCUT2D eigenvalue weighted by Crippen LogP contribution is 2.24. The summed E-state index contributed by atoms with van der Waals surface area (Å²) in [5.41, 5.74) is -0.148. The molecule has 1 aromatic carbocycles. The molecule has 4 nitrogen and oxygen atoms in total. The molecular weight excluding hydrogens is 396 g/mol. The van der Waals surface area contributed by atoms with Gasteiger partial charge in [0.25, 0.3) is 0 Å². The molecule has 3 N–H and O–H groups in total. The molecule has 1 atom stereocenters. The Bertz CT molecular complexity index is 754. The number of carboxylic acid groups (broad SMARTS) is 1. The van der Waals surface area contributed by atoms with Crippen molar-refractivity contribution in [3.05, 3.63) is 57.3 Å². The van der Waals surface area contributed by atoms with E-state index in [1.54, 1.807) is 11.3 Å². The van der Waals surface area contributed by atoms with E-state index in [2.05, 4.69) is 5.32 Å². The third kappa shape index (κ3) is 7.18. The van der Waals surface area contributed by atoms with E-state index in [1.165, 1.54) is 10.9 Å². The lowest BCUT2D eigenvalue weighted by Crippen LogP contribution is -2.43. The van der Waals surface area contributed by atoms with Crippen LogP contribution in [0.3, 0.4) is 0 Å². The second-order valence-electron chi connectivity index (χ2n) is 6.91. The maximum Gasteiger partial charge on any atom is 0.303 e. The van der Waals surface area contributed by atoms with Gasteiger partial charge in [-0.15, -0.1) is 23.7 Å². The Labute approximate surface area is 167 Å². The summed E-state index contributed by atoms with van der Waals surface area (Å²) >= 11 is 1.63. The molecule has 27 heavy (non-hydrogen) atoms. The maximum absolute atomic E-state index is 14.1. The molecule has 0 saturated heterocycles. The van der Waals surface area contributed by atoms with Gasteiger partial charge in [-0.25, -0.2) is 8.78 Å². The first kappa shape index (κ1) is 23.5. The number of thiophene rings is 1. The standard InChI is InChI=1S/C19H23F2NO3S.ClH/c1-19(2,10-13-4-3-7-26-13)22-11-16(23)14-8-12(5-6-17(24)25)9-15(20)18(14)21;/h3-4,7-9,16,22-23H,5-6,10-11H2,1-2H3,(H,24,25);1H/t16-;/m1./s1. The Morgan fingerprint density at radius 3 is 2.63 bits per heavy atom. The van der Waals surface area contributed by atoms with Gasteiger partial charge in [0, 0.05) is 28.9 Å². The highest BCUT2D eigenvalue weighted by molar-refractivity contribution is 7.09. The van der Waals surface area contributed by atoms with E-state index in [0.717, 1.165) is 12.5 Å². The van der Waals surface area contributed by atoms with Gasteiger partial charge < -0.3 is 15.5 Å². The van der Waals surface area contributed by atoms with Crippen LogP contribution >= 0.6 is 23.7 Å². The number of aryl methyl sites for hydroxylation is 1. The minimum atomic E-state index is -1.24. The zero-order valence-corrected chi connectivity index (χ0v) is 16.8. The maximum atomic E-state index is 14.1. The molecule has 0 aliphatic carbocycles. The first-order valence-corrected chi connectivity index (χ1v) is 9.21. The van der Waals surface area contributed by atoms with Gasteiger partial charge >= 0.3 is 5.97 Å². The summed E-state index contributed by atoms with van der Waals surface area (Å²) in [7, 11) is 0. The molecule has 1 heterocycles. The molecule has 0 unspecified atom stereocenters. The number of aliphatic hydroxyl groups is 1. The van der Waals surface area contributed by atoms with Gasteiger partial charge in [-0.1, -0.05) is 6.07 Å². The summed E-state index contributed by atoms with van der Waals surface area (Å²) in [5, 5.41) is 24.2. The van der Waals surface area contributed by atoms with Crippen LogP contribution in [0.5, 0.6) is 0 Å². The van der Waals surface area contributed by atoms with E-state index < -0.39 is 23.7 Å². The van der Waals surface area contributed by atoms with Gasteiger partial charge in [-0.2, -0.15) is 0 Å². The number of halogens is 3. The van der Waals surface area contributed by atoms with Crippen LogP contribution in [0.4, 0.5) is 8.78 Å². The molecule has 2 rings (SSSR count). The van der Waals surface area contributed by atoms with Gasteiger partial charge in [-0.3, -0.25) is 4.79 Å². The highest BCUT2D eigenvalue weighted by atomic mass is 35.5. The lowest BCUT2D eigenvalue weighted by molar-refractivity contribution is -0.136. The summed E-state index contributed by atoms with van der Waals surface area (Å²) in [4.78, 5) is 11.8. The van der Waals surface area contributed by atoms with Crippen LogP contribution in [-0.2, 0) is 17.6 Å². The van der Waals surface area contributed by atoms with Gasteiger partial charge in [0.2, 0.25) is 0 Å². The fraction of sp³-hybridized carbons (Fsp3) is 0.421. The molecule has 0 aliphatic rings. The number of aliphatic carboxylic acids is 1. The van der Waals surface area contributed by atoms with Crippen molar-refractivity contribution in [2.45, 2.75) is 44.8 Å². The van der Waals surface area contributed by atoms with E-state index in [9.17, 15) is 18.7 Å². The second-order valence-corrected chi connectivity index (χ2v) is 7.94. The largest absolute Gasteiger partial charge is 0.481 e. The number of hydrogen-bond acceptors (Lipinski definition) is 4. The number of β-amino-alcohol motifs (C(OH)–C–C–N with tert-alkyl or cyclic N) is 1. The van der Waals surface area contributed by atoms with Crippen molar-refractivity contribution < 1.29 is 23.8 Å². The minimum Gasteiger partial charge on any atom is -0.481 e. The van der Waals surface area contributed by atoms with Crippen molar-refractivity contribution in [3.63, 3.8) is 0 Å². The zero-order chi connectivity index (χ0) is 19.3. The SMILES string of the molecule is CC(C)(Cc1cccs1)NC[C@@H](O)c1cc(CCC(=O)O)cc(F)c1F.Cl. The van der Waals surface area contributed by atoms with Crippen molar-refractivity contribution in [1.82, 2.24) is 5.32 Å². The van der Waals surface area contributed by atoms with E-state index in [1.807, 2.05) is 31.4 Å². The third-order valence-corrected chi connectivity index (χ3v) is 4.95. The molecular formula is C19H24ClF2NO3S. The van der Waals surface area contributed by atoms with Crippen LogP contribution in [0, 0.1) is 11.6 Å². The van der Waals surface area contributed by atoms with Crippen LogP contribution in [0.25, 0.3) is 0 Å². The Morgan fingerprint density at radius 2 is 2.04 bits per heavy atom. The van der Waals surface area contributed by atoms with Crippen molar-refractivity contribution in [3.8, 4) is 0 Å². The smallest absolute Gasteiger partial charge is 0.303 e. The molecule has 0 amide bonds. The fourth-order valence-electron chi connectivity index (χ4n) is 2.70. The van der Waals surface area contributed by atoms with Gasteiger partial charge in [0.15, 0.2) is 11.6 Å². The van der Waals surface area contributed by atoms with Crippen LogP contribution in [0.1, 0.15) is 42.4 Å². The van der Waals surface area contributed by atoms with E-state index in [0.29, 0.717) is 5.56 Å². The lowest BCUT2D eigenvalue weighted by atomic mass is 9.97. The molecule has 0 fully saturated rings. The predicted octanol–water partition coefficient (Wildman–Crippen LogP) is 4.11. The minimum absolute atomic E-state index is 0. The molecule has 0 aliphatic heterocycles. The summed E-state index contributed by atoms with van der Waals surface area (Å²) in [6, 6.07) is 6.29. The van der Waals surface area contributed by atoms with E-state index in [-0.39, 0.29) is 42.9 Å². The van der Waals surface area contributed by atoms with Crippen LogP contribution in [0.2, 0.25) is 0 Å². The van der Waals surface area contributed by atoms with Crippen LogP contribution < -0.4 is 5.32 Å². The molecule has 8 heteroatoms. The Morgan fingerprint density at radius 1 is 1.33 bits per heavy atom. The first-order valence-electron chi connectivity index (χ1n) is 8.33. The number of carboxylic acids is 1. The van der Waals surface area contributed by atoms with Gasteiger partial charge in [0.05, 0.1) is 6.10 Å². The molecule has 2 aromatic rings. The number of rotatable bonds is 9. The Hall–Kier alpha value is -1.54. The second kappa shape index (κ2) is 10.1. The van der Waals surface area contributed by atoms with Crippen LogP contribution in [0.15, 0.2) is 29.6 Å². The van der Waals surface area contributed by atoms with E-state index in [4.69, 9.17) is 5.11 Å². The first-order chi connectivity index (χ1) is 12.2. The van der Waals surface area contributed by atoms with Gasteiger partial charge in [-0.05, 0) is 55.8 Å². The number of benzene rings is 1. The number of hydrogen-bond donors (Lipinski definition) is 3. The summed E-state index contributed by atoms with van der Waals surface area (Å²) in [5.74, 6) is -3.21. The fourth-order valence-corrected chi connectivity index (χ4v) is 3.63. The quantitative estimate of drug-likeness (QED) is 0.572. The highest BCUT2D eigenvalue weighted by Gasteiger charge is 2.23. The molecule has 0 saturated carbocycles. The average Bonchev–Trinajstić information content (AvgIpc) is 3.05. The average molecular weight is 420 g/mol. The number of aliphatic hydroxyl groups excluding tert-OH is 1. The van der Waals surface area contributed by atoms with Crippen molar-refractivity contribution >= 4 is 29.7 Å². The van der Waals surface area contributed by atoms with Crippen molar-refractivity contribution in [1.29, 1.82) is 0 Å². The van der Waals surface area contributed by atoms with Gasteiger partial charge in [0.1, 0.15) is 0 Å². The summed E-state index contributed by atoms with van der Waals surface area (Å²) in [6.07, 6.45) is -0.611. The van der Waals surface area contributed by atoms with Crippen LogP contribution in [-0.4, -0.2) is 28.3 Å². The molecule has 0 radical (unpaired) electrons. The number of carbonyl (C=O) groups is 1. The Kier molecular flexibility index (Phi) is 8.81.